The summed E-state index contributed by atoms with van der Waals surface area (Å²) in [4.78, 5) is 39.3. The molecule has 3 aromatic carbocycles. The van der Waals surface area contributed by atoms with Gasteiger partial charge in [-0.15, -0.1) is 0 Å². The molecule has 2 N–H and O–H groups in total. The molecule has 0 unspecified atom stereocenters. The van der Waals surface area contributed by atoms with Crippen LogP contribution in [0.2, 0.25) is 0 Å². The van der Waals surface area contributed by atoms with Crippen molar-refractivity contribution < 1.29 is 14.7 Å². The minimum absolute atomic E-state index is 0.00967. The second kappa shape index (κ2) is 11.9. The van der Waals surface area contributed by atoms with Crippen molar-refractivity contribution in [3.8, 4) is 5.88 Å². The summed E-state index contributed by atoms with van der Waals surface area (Å²) in [6.45, 7) is 5.95. The van der Waals surface area contributed by atoms with E-state index < -0.39 is 0 Å². The number of aromatic amines is 1. The van der Waals surface area contributed by atoms with Crippen molar-refractivity contribution in [3.05, 3.63) is 89.5 Å². The Hall–Kier alpha value is -4.27. The van der Waals surface area contributed by atoms with E-state index in [2.05, 4.69) is 21.8 Å². The van der Waals surface area contributed by atoms with Crippen molar-refractivity contribution in [1.29, 1.82) is 0 Å². The van der Waals surface area contributed by atoms with Crippen LogP contribution in [-0.4, -0.2) is 84.1 Å². The van der Waals surface area contributed by atoms with Crippen LogP contribution in [0.5, 0.6) is 5.88 Å². The third-order valence-corrected chi connectivity index (χ3v) is 7.51. The first-order chi connectivity index (χ1) is 19.3. The van der Waals surface area contributed by atoms with Gasteiger partial charge in [-0.1, -0.05) is 49.4 Å². The fourth-order valence-corrected chi connectivity index (χ4v) is 4.99. The molecule has 5 rings (SSSR count). The molecule has 1 fully saturated rings. The molecule has 2 heterocycles. The Morgan fingerprint density at radius 2 is 1.65 bits per heavy atom. The number of carbonyl (C=O) groups is 2. The molecule has 1 amide bonds. The number of piperazine rings is 1. The molecule has 1 saturated heterocycles. The van der Waals surface area contributed by atoms with Crippen LogP contribution in [0.3, 0.4) is 0 Å². The van der Waals surface area contributed by atoms with Gasteiger partial charge in [0.05, 0.1) is 23.5 Å². The average molecular weight is 538 g/mol. The first-order valence-electron chi connectivity index (χ1n) is 13.6. The minimum Gasteiger partial charge on any atom is -0.494 e. The zero-order valence-corrected chi connectivity index (χ0v) is 23.2. The van der Waals surface area contributed by atoms with Gasteiger partial charge in [0, 0.05) is 67.4 Å². The Balaban J connectivity index is 1.44. The summed E-state index contributed by atoms with van der Waals surface area (Å²) in [5.74, 6) is 0.0848. The van der Waals surface area contributed by atoms with Gasteiger partial charge in [-0.25, -0.2) is 4.99 Å². The topological polar surface area (TPSA) is 92.2 Å². The van der Waals surface area contributed by atoms with Gasteiger partial charge in [0.15, 0.2) is 11.7 Å². The molecule has 0 radical (unpaired) electrons. The van der Waals surface area contributed by atoms with E-state index >= 15 is 0 Å². The average Bonchev–Trinajstić information content (AvgIpc) is 3.31. The molecule has 0 saturated carbocycles. The van der Waals surface area contributed by atoms with Gasteiger partial charge in [-0.05, 0) is 37.4 Å². The summed E-state index contributed by atoms with van der Waals surface area (Å²) in [5.41, 5.74) is 4.77. The lowest BCUT2D eigenvalue weighted by Gasteiger charge is -2.32. The monoisotopic (exact) mass is 537 g/mol. The van der Waals surface area contributed by atoms with Crippen molar-refractivity contribution in [3.63, 3.8) is 0 Å². The van der Waals surface area contributed by atoms with Crippen LogP contribution < -0.4 is 4.90 Å². The molecule has 0 aliphatic carbocycles. The maximum Gasteiger partial charge on any atom is 0.240 e. The van der Waals surface area contributed by atoms with Crippen LogP contribution in [0, 0.1) is 0 Å². The number of nitrogens with one attached hydrogen (secondary N) is 1. The van der Waals surface area contributed by atoms with Gasteiger partial charge in [-0.2, -0.15) is 0 Å². The van der Waals surface area contributed by atoms with Crippen LogP contribution in [0.4, 0.5) is 11.4 Å². The number of rotatable bonds is 8. The molecule has 8 nitrogen and oxygen atoms in total. The Kier molecular flexibility index (Phi) is 8.09. The molecule has 8 heteroatoms. The third-order valence-electron chi connectivity index (χ3n) is 7.51. The van der Waals surface area contributed by atoms with Crippen molar-refractivity contribution >= 4 is 39.7 Å². The van der Waals surface area contributed by atoms with E-state index in [1.165, 1.54) is 0 Å². The number of H-pyrrole nitrogens is 1. The van der Waals surface area contributed by atoms with Crippen molar-refractivity contribution in [2.24, 2.45) is 4.99 Å². The maximum absolute atomic E-state index is 12.9. The van der Waals surface area contributed by atoms with Crippen molar-refractivity contribution in [2.75, 3.05) is 51.7 Å². The SMILES string of the molecule is CCC(=O)c1ccc2c(C(=Nc3ccc(N(C)C(=O)CN4CCN(C)CC4)cc3)c3ccccc3)c(O)[nH]c2c1. The molecular weight excluding hydrogens is 502 g/mol. The number of aromatic nitrogens is 1. The zero-order valence-electron chi connectivity index (χ0n) is 23.2. The van der Waals surface area contributed by atoms with E-state index in [4.69, 9.17) is 4.99 Å². The first kappa shape index (κ1) is 27.3. The molecule has 0 spiro atoms. The van der Waals surface area contributed by atoms with E-state index in [-0.39, 0.29) is 17.6 Å². The maximum atomic E-state index is 12.9. The van der Waals surface area contributed by atoms with Gasteiger partial charge in [0.25, 0.3) is 0 Å². The highest BCUT2D eigenvalue weighted by Crippen LogP contribution is 2.32. The summed E-state index contributed by atoms with van der Waals surface area (Å²) in [7, 11) is 3.90. The molecule has 1 aromatic heterocycles. The summed E-state index contributed by atoms with van der Waals surface area (Å²) < 4.78 is 0. The molecule has 1 aliphatic rings. The third kappa shape index (κ3) is 5.83. The van der Waals surface area contributed by atoms with E-state index in [1.54, 1.807) is 24.1 Å². The predicted molar refractivity (Wildman–Crippen MR) is 160 cm³/mol. The highest BCUT2D eigenvalue weighted by atomic mass is 16.3. The quantitative estimate of drug-likeness (QED) is 0.248. The van der Waals surface area contributed by atoms with Crippen molar-refractivity contribution in [2.45, 2.75) is 13.3 Å². The normalized spacial score (nSPS) is 14.9. The number of Topliss-reactive ketones (excluding diaryl/α,β-unsaturated/α-hetero) is 1. The van der Waals surface area contributed by atoms with Crippen LogP contribution in [0.1, 0.15) is 34.8 Å². The largest absolute Gasteiger partial charge is 0.494 e. The van der Waals surface area contributed by atoms with Gasteiger partial charge >= 0.3 is 0 Å². The first-order valence-corrected chi connectivity index (χ1v) is 13.6. The highest BCUT2D eigenvalue weighted by molar-refractivity contribution is 6.22. The zero-order chi connectivity index (χ0) is 28.2. The second-order valence-corrected chi connectivity index (χ2v) is 10.3. The van der Waals surface area contributed by atoms with E-state index in [0.29, 0.717) is 41.0 Å². The minimum atomic E-state index is -0.00967. The van der Waals surface area contributed by atoms with E-state index in [9.17, 15) is 14.7 Å². The summed E-state index contributed by atoms with van der Waals surface area (Å²) in [5, 5.41) is 11.8. The second-order valence-electron chi connectivity index (χ2n) is 10.3. The Morgan fingerprint density at radius 3 is 2.33 bits per heavy atom. The number of hydrogen-bond acceptors (Lipinski definition) is 6. The van der Waals surface area contributed by atoms with Crippen LogP contribution in [-0.2, 0) is 4.79 Å². The number of anilines is 1. The molecular formula is C32H35N5O3. The molecule has 206 valence electrons. The molecule has 1 aliphatic heterocycles. The Bertz CT molecular complexity index is 1530. The number of likely N-dealkylation sites (N-methyl/N-ethyl adjacent to an activating group) is 2. The number of fused-ring (bicyclic) bond motifs is 1. The van der Waals surface area contributed by atoms with Crippen LogP contribution in [0.15, 0.2) is 77.8 Å². The molecule has 0 bridgehead atoms. The number of benzene rings is 3. The lowest BCUT2D eigenvalue weighted by Crippen LogP contribution is -2.48. The molecule has 0 atom stereocenters. The smallest absolute Gasteiger partial charge is 0.240 e. The fraction of sp³-hybridized carbons (Fsp3) is 0.281. The number of hydrogen-bond donors (Lipinski definition) is 2. The van der Waals surface area contributed by atoms with Gasteiger partial charge in [-0.3, -0.25) is 14.5 Å². The Labute approximate surface area is 234 Å². The summed E-state index contributed by atoms with van der Waals surface area (Å²) >= 11 is 0. The van der Waals surface area contributed by atoms with Crippen LogP contribution in [0.25, 0.3) is 10.9 Å². The summed E-state index contributed by atoms with van der Waals surface area (Å²) in [6, 6.07) is 22.6. The molecule has 40 heavy (non-hydrogen) atoms. The highest BCUT2D eigenvalue weighted by Gasteiger charge is 2.21. The Morgan fingerprint density at radius 1 is 0.950 bits per heavy atom. The number of nitrogens with zero attached hydrogens (tertiary/aromatic N) is 4. The predicted octanol–water partition coefficient (Wildman–Crippen LogP) is 4.85. The van der Waals surface area contributed by atoms with Crippen molar-refractivity contribution in [1.82, 2.24) is 14.8 Å². The van der Waals surface area contributed by atoms with E-state index in [0.717, 1.165) is 42.8 Å². The van der Waals surface area contributed by atoms with Gasteiger partial charge in [0.2, 0.25) is 5.91 Å². The number of aromatic hydroxyl groups is 1. The number of ketones is 1. The number of amides is 1. The van der Waals surface area contributed by atoms with Gasteiger partial charge in [0.1, 0.15) is 0 Å². The summed E-state index contributed by atoms with van der Waals surface area (Å²) in [6.07, 6.45) is 0.411. The lowest BCUT2D eigenvalue weighted by atomic mass is 9.99. The molecule has 4 aromatic rings. The van der Waals surface area contributed by atoms with E-state index in [1.807, 2.05) is 67.6 Å². The van der Waals surface area contributed by atoms with Crippen LogP contribution >= 0.6 is 0 Å². The number of carbonyl (C=O) groups excluding carboxylic acids is 2. The standard InChI is InChI=1S/C32H35N5O3/c1-4-28(38)23-10-15-26-27(20-23)34-32(40)30(26)31(22-8-6-5-7-9-22)33-24-11-13-25(14-12-24)36(3)29(39)21-37-18-16-35(2)17-19-37/h5-15,20,34,40H,4,16-19,21H2,1-3H3. The lowest BCUT2D eigenvalue weighted by molar-refractivity contribution is -0.119. The fourth-order valence-electron chi connectivity index (χ4n) is 4.99. The van der Waals surface area contributed by atoms with Gasteiger partial charge < -0.3 is 19.9 Å². The number of aliphatic imine (C=N–C) groups is 1.